The molecule has 0 radical (unpaired) electrons. The Morgan fingerprint density at radius 2 is 2.38 bits per heavy atom. The van der Waals surface area contributed by atoms with Gasteiger partial charge in [-0.1, -0.05) is 0 Å². The van der Waals surface area contributed by atoms with Gasteiger partial charge in [-0.15, -0.1) is 4.73 Å². The van der Waals surface area contributed by atoms with E-state index in [1.165, 1.54) is 6.20 Å². The van der Waals surface area contributed by atoms with E-state index in [0.29, 0.717) is 18.4 Å². The molecular formula is C9H11NO3. The molecule has 1 saturated heterocycles. The molecule has 1 aliphatic heterocycles. The molecule has 2 rings (SSSR count). The number of hydrogen-bond donors (Lipinski definition) is 0. The van der Waals surface area contributed by atoms with Crippen molar-refractivity contribution >= 4 is 0 Å². The van der Waals surface area contributed by atoms with E-state index >= 15 is 0 Å². The van der Waals surface area contributed by atoms with Gasteiger partial charge < -0.3 is 14.7 Å². The van der Waals surface area contributed by atoms with Gasteiger partial charge in [-0.25, -0.2) is 0 Å². The molecule has 0 saturated carbocycles. The summed E-state index contributed by atoms with van der Waals surface area (Å²) in [5.74, 6) is 0.801. The molecule has 0 unspecified atom stereocenters. The second-order valence-corrected chi connectivity index (χ2v) is 3.08. The SMILES string of the molecule is [O-][n+]1ccccc1OCC1COC1. The number of nitrogens with zero attached hydrogens (tertiary/aromatic N) is 1. The average molecular weight is 181 g/mol. The number of aromatic nitrogens is 1. The highest BCUT2D eigenvalue weighted by molar-refractivity contribution is 5.02. The van der Waals surface area contributed by atoms with Crippen LogP contribution in [0.2, 0.25) is 0 Å². The van der Waals surface area contributed by atoms with Crippen LogP contribution in [0.5, 0.6) is 5.88 Å². The van der Waals surface area contributed by atoms with Crippen LogP contribution in [-0.4, -0.2) is 19.8 Å². The summed E-state index contributed by atoms with van der Waals surface area (Å²) in [7, 11) is 0. The fourth-order valence-corrected chi connectivity index (χ4v) is 1.11. The highest BCUT2D eigenvalue weighted by Crippen LogP contribution is 2.11. The minimum Gasteiger partial charge on any atom is -0.616 e. The Labute approximate surface area is 76.3 Å². The molecular weight excluding hydrogens is 170 g/mol. The monoisotopic (exact) mass is 181 g/mol. The second kappa shape index (κ2) is 3.62. The topological polar surface area (TPSA) is 45.4 Å². The summed E-state index contributed by atoms with van der Waals surface area (Å²) in [6.45, 7) is 2.05. The third-order valence-corrected chi connectivity index (χ3v) is 1.96. The van der Waals surface area contributed by atoms with E-state index in [0.717, 1.165) is 17.9 Å². The van der Waals surface area contributed by atoms with Crippen LogP contribution in [0.15, 0.2) is 24.4 Å². The van der Waals surface area contributed by atoms with Crippen LogP contribution in [0.1, 0.15) is 0 Å². The summed E-state index contributed by atoms with van der Waals surface area (Å²) >= 11 is 0. The Morgan fingerprint density at radius 3 is 3.00 bits per heavy atom. The fourth-order valence-electron chi connectivity index (χ4n) is 1.11. The van der Waals surface area contributed by atoms with Gasteiger partial charge >= 0.3 is 5.88 Å². The van der Waals surface area contributed by atoms with Gasteiger partial charge in [0.25, 0.3) is 0 Å². The smallest absolute Gasteiger partial charge is 0.379 e. The Balaban J connectivity index is 1.89. The van der Waals surface area contributed by atoms with Crippen molar-refractivity contribution in [2.24, 2.45) is 5.92 Å². The Bertz CT molecular complexity index is 286. The molecule has 0 bridgehead atoms. The maximum Gasteiger partial charge on any atom is 0.379 e. The summed E-state index contributed by atoms with van der Waals surface area (Å²) < 4.78 is 11.0. The summed E-state index contributed by atoms with van der Waals surface area (Å²) in [4.78, 5) is 0. The van der Waals surface area contributed by atoms with Crippen molar-refractivity contribution in [3.8, 4) is 5.88 Å². The molecule has 0 aliphatic carbocycles. The van der Waals surface area contributed by atoms with Crippen molar-refractivity contribution in [2.45, 2.75) is 0 Å². The summed E-state index contributed by atoms with van der Waals surface area (Å²) in [6, 6.07) is 5.11. The number of ether oxygens (including phenoxy) is 2. The lowest BCUT2D eigenvalue weighted by molar-refractivity contribution is -0.613. The largest absolute Gasteiger partial charge is 0.616 e. The maximum atomic E-state index is 11.1. The quantitative estimate of drug-likeness (QED) is 0.499. The van der Waals surface area contributed by atoms with Crippen LogP contribution in [0.3, 0.4) is 0 Å². The number of hydrogen-bond acceptors (Lipinski definition) is 3. The Hall–Kier alpha value is -1.29. The molecule has 0 aromatic carbocycles. The number of pyridine rings is 1. The van der Waals surface area contributed by atoms with Gasteiger partial charge in [-0.3, -0.25) is 0 Å². The van der Waals surface area contributed by atoms with Gasteiger partial charge in [0, 0.05) is 12.0 Å². The molecule has 13 heavy (non-hydrogen) atoms. The van der Waals surface area contributed by atoms with E-state index in [9.17, 15) is 5.21 Å². The molecule has 1 aliphatic rings. The minimum absolute atomic E-state index is 0.356. The Morgan fingerprint density at radius 1 is 1.54 bits per heavy atom. The van der Waals surface area contributed by atoms with E-state index in [4.69, 9.17) is 9.47 Å². The Kier molecular flexibility index (Phi) is 2.31. The van der Waals surface area contributed by atoms with E-state index in [-0.39, 0.29) is 0 Å². The first-order chi connectivity index (χ1) is 6.36. The van der Waals surface area contributed by atoms with Crippen LogP contribution >= 0.6 is 0 Å². The molecule has 1 aromatic heterocycles. The zero-order valence-corrected chi connectivity index (χ0v) is 7.18. The van der Waals surface area contributed by atoms with Gasteiger partial charge in [0.1, 0.15) is 6.61 Å². The van der Waals surface area contributed by atoms with Gasteiger partial charge in [-0.2, -0.15) is 0 Å². The molecule has 0 N–H and O–H groups in total. The molecule has 4 nitrogen and oxygen atoms in total. The summed E-state index contributed by atoms with van der Waals surface area (Å²) in [6.07, 6.45) is 1.42. The van der Waals surface area contributed by atoms with Crippen molar-refractivity contribution in [3.05, 3.63) is 29.6 Å². The first-order valence-electron chi connectivity index (χ1n) is 4.25. The zero-order chi connectivity index (χ0) is 9.10. The van der Waals surface area contributed by atoms with Gasteiger partial charge in [0.05, 0.1) is 19.3 Å². The van der Waals surface area contributed by atoms with Crippen molar-refractivity contribution in [2.75, 3.05) is 19.8 Å². The molecule has 0 amide bonds. The molecule has 2 heterocycles. The predicted molar refractivity (Wildman–Crippen MR) is 45.2 cm³/mol. The molecule has 70 valence electrons. The third kappa shape index (κ3) is 1.89. The average Bonchev–Trinajstić information content (AvgIpc) is 2.05. The zero-order valence-electron chi connectivity index (χ0n) is 7.18. The molecule has 1 fully saturated rings. The molecule has 0 spiro atoms. The second-order valence-electron chi connectivity index (χ2n) is 3.08. The van der Waals surface area contributed by atoms with Gasteiger partial charge in [0.15, 0.2) is 6.20 Å². The van der Waals surface area contributed by atoms with Crippen LogP contribution in [0.25, 0.3) is 0 Å². The van der Waals surface area contributed by atoms with Crippen molar-refractivity contribution in [1.82, 2.24) is 0 Å². The van der Waals surface area contributed by atoms with Crippen molar-refractivity contribution in [1.29, 1.82) is 0 Å². The molecule has 1 aromatic rings. The first kappa shape index (κ1) is 8.31. The number of rotatable bonds is 3. The van der Waals surface area contributed by atoms with Gasteiger partial charge in [0.2, 0.25) is 0 Å². The lowest BCUT2D eigenvalue weighted by Crippen LogP contribution is -2.35. The van der Waals surface area contributed by atoms with Crippen LogP contribution in [0, 0.1) is 11.1 Å². The van der Waals surface area contributed by atoms with E-state index in [2.05, 4.69) is 0 Å². The molecule has 0 atom stereocenters. The third-order valence-electron chi connectivity index (χ3n) is 1.96. The predicted octanol–water partition coefficient (Wildman–Crippen LogP) is 0.345. The normalized spacial score (nSPS) is 16.6. The van der Waals surface area contributed by atoms with E-state index in [1.54, 1.807) is 18.2 Å². The standard InChI is InChI=1S/C9H11NO3/c11-10-4-2-1-3-9(10)13-7-8-5-12-6-8/h1-4,8H,5-7H2. The van der Waals surface area contributed by atoms with Gasteiger partial charge in [-0.05, 0) is 6.07 Å². The van der Waals surface area contributed by atoms with Crippen molar-refractivity contribution in [3.63, 3.8) is 0 Å². The highest BCUT2D eigenvalue weighted by Gasteiger charge is 2.20. The first-order valence-corrected chi connectivity index (χ1v) is 4.25. The maximum absolute atomic E-state index is 11.1. The fraction of sp³-hybridized carbons (Fsp3) is 0.444. The minimum atomic E-state index is 0.356. The molecule has 4 heteroatoms. The van der Waals surface area contributed by atoms with Crippen LogP contribution in [-0.2, 0) is 4.74 Å². The lowest BCUT2D eigenvalue weighted by atomic mass is 10.1. The van der Waals surface area contributed by atoms with E-state index in [1.807, 2.05) is 0 Å². The van der Waals surface area contributed by atoms with Crippen LogP contribution < -0.4 is 9.47 Å². The van der Waals surface area contributed by atoms with E-state index < -0.39 is 0 Å². The highest BCUT2D eigenvalue weighted by atomic mass is 16.6. The van der Waals surface area contributed by atoms with Crippen LogP contribution in [0.4, 0.5) is 0 Å². The summed E-state index contributed by atoms with van der Waals surface area (Å²) in [5.41, 5.74) is 0. The van der Waals surface area contributed by atoms with Crippen molar-refractivity contribution < 1.29 is 14.2 Å². The lowest BCUT2D eigenvalue weighted by Gasteiger charge is -2.24. The summed E-state index contributed by atoms with van der Waals surface area (Å²) in [5, 5.41) is 11.1.